The van der Waals surface area contributed by atoms with Crippen LogP contribution in [0.3, 0.4) is 0 Å². The van der Waals surface area contributed by atoms with Crippen LogP contribution >= 0.6 is 11.3 Å². The second-order valence-electron chi connectivity index (χ2n) is 9.49. The van der Waals surface area contributed by atoms with E-state index in [4.69, 9.17) is 9.47 Å². The van der Waals surface area contributed by atoms with Gasteiger partial charge in [-0.05, 0) is 25.5 Å². The van der Waals surface area contributed by atoms with Crippen molar-refractivity contribution >= 4 is 31.6 Å². The molecule has 10 heteroatoms. The zero-order valence-corrected chi connectivity index (χ0v) is 21.5. The van der Waals surface area contributed by atoms with E-state index in [-0.39, 0.29) is 12.5 Å². The molecule has 0 radical (unpaired) electrons. The van der Waals surface area contributed by atoms with Crippen molar-refractivity contribution in [3.8, 4) is 5.75 Å². The molecule has 1 aliphatic rings. The summed E-state index contributed by atoms with van der Waals surface area (Å²) >= 11 is 1.57. The van der Waals surface area contributed by atoms with Gasteiger partial charge in [-0.3, -0.25) is 4.90 Å². The average Bonchev–Trinajstić information content (AvgIpc) is 3.18. The molecule has 1 fully saturated rings. The molecule has 3 rings (SSSR count). The van der Waals surface area contributed by atoms with Crippen LogP contribution in [0.25, 0.3) is 0 Å². The number of nitrogens with one attached hydrogen (secondary N) is 1. The summed E-state index contributed by atoms with van der Waals surface area (Å²) in [6, 6.07) is 8.26. The second kappa shape index (κ2) is 11.0. The van der Waals surface area contributed by atoms with Crippen LogP contribution in [0.1, 0.15) is 34.9 Å². The minimum absolute atomic E-state index is 0.122. The van der Waals surface area contributed by atoms with Crippen molar-refractivity contribution in [2.24, 2.45) is 0 Å². The number of thiazole rings is 1. The number of likely N-dealkylation sites (tertiary alicyclic amines) is 1. The Morgan fingerprint density at radius 1 is 1.27 bits per heavy atom. The van der Waals surface area contributed by atoms with E-state index in [0.717, 1.165) is 28.6 Å². The molecule has 0 aliphatic carbocycles. The van der Waals surface area contributed by atoms with Crippen LogP contribution in [0, 0.1) is 6.92 Å². The summed E-state index contributed by atoms with van der Waals surface area (Å²) < 4.78 is 11.4. The molecule has 2 atom stereocenters. The summed E-state index contributed by atoms with van der Waals surface area (Å²) in [6.45, 7) is 9.67. The summed E-state index contributed by atoms with van der Waals surface area (Å²) in [6.07, 6.45) is -0.656. The smallest absolute Gasteiger partial charge is 0.410 e. The number of aryl methyl sites for hydroxylation is 1. The van der Waals surface area contributed by atoms with Gasteiger partial charge in [0.15, 0.2) is 6.23 Å². The highest BCUT2D eigenvalue weighted by Gasteiger charge is 2.35. The van der Waals surface area contributed by atoms with E-state index in [0.29, 0.717) is 25.3 Å². The molecule has 2 heterocycles. The van der Waals surface area contributed by atoms with Crippen molar-refractivity contribution in [2.45, 2.75) is 64.1 Å². The summed E-state index contributed by atoms with van der Waals surface area (Å²) in [5, 5.41) is 12.6. The number of piperidine rings is 1. The molecule has 0 bridgehead atoms. The van der Waals surface area contributed by atoms with E-state index in [1.807, 2.05) is 25.1 Å². The highest BCUT2D eigenvalue weighted by molar-refractivity contribution is 7.09. The number of ether oxygens (including phenoxy) is 2. The number of carboxylic acid groups (broad SMARTS) is 1. The zero-order valence-electron chi connectivity index (χ0n) is 19.7. The number of nitrogens with zero attached hydrogens (tertiary/aromatic N) is 2. The van der Waals surface area contributed by atoms with E-state index in [2.05, 4.69) is 29.9 Å². The standard InChI is InChI=1S/C23H33N3O5SSi/c1-16-21(32-15-25-16)18-9-10-20(26(14-18)23(28)29)31-19-8-6-5-7-17(19)13-24-22(27)30-11-12-33(2,3)4/h5-8,15,18,20H,9-14H2,1-4H3,(H,24,27)(H,28,29). The molecule has 1 aromatic heterocycles. The maximum Gasteiger partial charge on any atom is 0.410 e. The highest BCUT2D eigenvalue weighted by atomic mass is 32.1. The van der Waals surface area contributed by atoms with Crippen molar-refractivity contribution < 1.29 is 24.2 Å². The van der Waals surface area contributed by atoms with E-state index in [1.54, 1.807) is 22.9 Å². The number of rotatable bonds is 8. The summed E-state index contributed by atoms with van der Waals surface area (Å²) in [4.78, 5) is 30.9. The SMILES string of the molecule is Cc1ncsc1C1CCC(Oc2ccccc2CNC(=O)OCC[Si](C)(C)C)N(C(=O)O)C1. The van der Waals surface area contributed by atoms with Crippen LogP contribution in [-0.2, 0) is 11.3 Å². The molecule has 1 aliphatic heterocycles. The topological polar surface area (TPSA) is 101 Å². The summed E-state index contributed by atoms with van der Waals surface area (Å²) in [5.74, 6) is 0.680. The van der Waals surface area contributed by atoms with Gasteiger partial charge in [-0.1, -0.05) is 37.8 Å². The molecule has 2 amide bonds. The van der Waals surface area contributed by atoms with Crippen molar-refractivity contribution in [2.75, 3.05) is 13.2 Å². The lowest BCUT2D eigenvalue weighted by Gasteiger charge is -2.37. The largest absolute Gasteiger partial charge is 0.470 e. The lowest BCUT2D eigenvalue weighted by molar-refractivity contribution is -0.000703. The third-order valence-electron chi connectivity index (χ3n) is 5.67. The van der Waals surface area contributed by atoms with Gasteiger partial charge in [-0.2, -0.15) is 0 Å². The first-order valence-corrected chi connectivity index (χ1v) is 15.8. The Hall–Kier alpha value is -2.59. The van der Waals surface area contributed by atoms with Gasteiger partial charge in [0.05, 0.1) is 17.8 Å². The number of benzene rings is 1. The fraction of sp³-hybridized carbons (Fsp3) is 0.522. The molecule has 33 heavy (non-hydrogen) atoms. The van der Waals surface area contributed by atoms with Gasteiger partial charge in [0.2, 0.25) is 0 Å². The van der Waals surface area contributed by atoms with E-state index < -0.39 is 26.5 Å². The van der Waals surface area contributed by atoms with Gasteiger partial charge < -0.3 is 19.9 Å². The molecule has 0 spiro atoms. The zero-order chi connectivity index (χ0) is 24.0. The third kappa shape index (κ3) is 7.20. The minimum Gasteiger partial charge on any atom is -0.470 e. The molecular weight excluding hydrogens is 458 g/mol. The Balaban J connectivity index is 1.60. The van der Waals surface area contributed by atoms with E-state index in [9.17, 15) is 14.7 Å². The van der Waals surface area contributed by atoms with Crippen molar-refractivity contribution in [1.82, 2.24) is 15.2 Å². The van der Waals surface area contributed by atoms with Crippen molar-refractivity contribution in [3.05, 3.63) is 45.9 Å². The second-order valence-corrected chi connectivity index (χ2v) is 16.0. The predicted octanol–water partition coefficient (Wildman–Crippen LogP) is 5.28. The molecule has 0 saturated carbocycles. The number of para-hydroxylation sites is 1. The van der Waals surface area contributed by atoms with Crippen LogP contribution in [0.4, 0.5) is 9.59 Å². The Kier molecular flexibility index (Phi) is 8.36. The van der Waals surface area contributed by atoms with Gasteiger partial charge in [0, 0.05) is 43.9 Å². The molecule has 8 nitrogen and oxygen atoms in total. The number of hydrogen-bond acceptors (Lipinski definition) is 6. The molecule has 2 unspecified atom stereocenters. The van der Waals surface area contributed by atoms with Crippen LogP contribution in [0.2, 0.25) is 25.7 Å². The number of amides is 2. The molecule has 2 aromatic rings. The number of aromatic nitrogens is 1. The summed E-state index contributed by atoms with van der Waals surface area (Å²) in [7, 11) is -1.27. The molecule has 1 saturated heterocycles. The normalized spacial score (nSPS) is 18.6. The maximum absolute atomic E-state index is 12.1. The lowest BCUT2D eigenvalue weighted by atomic mass is 9.94. The number of alkyl carbamates (subject to hydrolysis) is 1. The quantitative estimate of drug-likeness (QED) is 0.487. The molecule has 2 N–H and O–H groups in total. The Labute approximate surface area is 199 Å². The van der Waals surface area contributed by atoms with Gasteiger partial charge in [0.1, 0.15) is 5.75 Å². The van der Waals surface area contributed by atoms with Gasteiger partial charge in [-0.15, -0.1) is 11.3 Å². The van der Waals surface area contributed by atoms with Crippen molar-refractivity contribution in [1.29, 1.82) is 0 Å². The Morgan fingerprint density at radius 3 is 2.70 bits per heavy atom. The first-order chi connectivity index (χ1) is 15.6. The third-order valence-corrected chi connectivity index (χ3v) is 8.47. The highest BCUT2D eigenvalue weighted by Crippen LogP contribution is 2.35. The number of hydrogen-bond donors (Lipinski definition) is 2. The van der Waals surface area contributed by atoms with Gasteiger partial charge in [-0.25, -0.2) is 14.6 Å². The Morgan fingerprint density at radius 2 is 2.03 bits per heavy atom. The Bertz CT molecular complexity index is 962. The van der Waals surface area contributed by atoms with E-state index >= 15 is 0 Å². The first-order valence-electron chi connectivity index (χ1n) is 11.2. The number of carbonyl (C=O) groups excluding carboxylic acids is 1. The van der Waals surface area contributed by atoms with Gasteiger partial charge in [0.25, 0.3) is 0 Å². The predicted molar refractivity (Wildman–Crippen MR) is 131 cm³/mol. The maximum atomic E-state index is 12.1. The van der Waals surface area contributed by atoms with Crippen molar-refractivity contribution in [3.63, 3.8) is 0 Å². The summed E-state index contributed by atoms with van der Waals surface area (Å²) in [5.41, 5.74) is 3.53. The average molecular weight is 492 g/mol. The fourth-order valence-electron chi connectivity index (χ4n) is 3.77. The van der Waals surface area contributed by atoms with Crippen LogP contribution < -0.4 is 10.1 Å². The van der Waals surface area contributed by atoms with Crippen LogP contribution in [-0.4, -0.2) is 54.6 Å². The molecule has 1 aromatic carbocycles. The minimum atomic E-state index is -1.27. The fourth-order valence-corrected chi connectivity index (χ4v) is 5.41. The monoisotopic (exact) mass is 491 g/mol. The van der Waals surface area contributed by atoms with Crippen LogP contribution in [0.15, 0.2) is 29.8 Å². The number of carbonyl (C=O) groups is 2. The first kappa shape index (κ1) is 25.0. The van der Waals surface area contributed by atoms with E-state index in [1.165, 1.54) is 4.90 Å². The molecular formula is C23H33N3O5SSi. The lowest BCUT2D eigenvalue weighted by Crippen LogP contribution is -2.48. The molecule has 180 valence electrons. The van der Waals surface area contributed by atoms with Crippen LogP contribution in [0.5, 0.6) is 5.75 Å². The van der Waals surface area contributed by atoms with Gasteiger partial charge >= 0.3 is 12.2 Å².